The Balaban J connectivity index is 1.79. The average Bonchev–Trinajstić information content (AvgIpc) is 3.10. The zero-order valence-corrected chi connectivity index (χ0v) is 21.6. The maximum atomic E-state index is 13.5. The number of hydrogen-bond acceptors (Lipinski definition) is 5. The van der Waals surface area contributed by atoms with Crippen LogP contribution in [0.4, 0.5) is 0 Å². The molecule has 0 saturated heterocycles. The summed E-state index contributed by atoms with van der Waals surface area (Å²) < 4.78 is 30.8. The van der Waals surface area contributed by atoms with Crippen LogP contribution in [-0.4, -0.2) is 28.4 Å². The van der Waals surface area contributed by atoms with Gasteiger partial charge in [0.25, 0.3) is 21.5 Å². The van der Waals surface area contributed by atoms with E-state index in [4.69, 9.17) is 11.6 Å². The zero-order chi connectivity index (χ0) is 25.8. The van der Waals surface area contributed by atoms with E-state index in [9.17, 15) is 22.8 Å². The summed E-state index contributed by atoms with van der Waals surface area (Å²) >= 11 is 9.43. The third kappa shape index (κ3) is 3.94. The molecule has 0 aliphatic carbocycles. The molecule has 5 rings (SSSR count). The first-order valence-electron chi connectivity index (χ1n) is 10.4. The third-order valence-electron chi connectivity index (χ3n) is 5.71. The molecule has 0 saturated carbocycles. The van der Waals surface area contributed by atoms with Crippen molar-refractivity contribution in [1.82, 2.24) is 18.8 Å². The number of carbonyl (C=O) groups is 1. The Hall–Kier alpha value is -3.67. The molecular weight excluding hydrogens is 572 g/mol. The van der Waals surface area contributed by atoms with Crippen LogP contribution in [-0.2, 0) is 17.1 Å². The van der Waals surface area contributed by atoms with Crippen LogP contribution < -0.4 is 16.0 Å². The quantitative estimate of drug-likeness (QED) is 0.332. The highest BCUT2D eigenvalue weighted by Gasteiger charge is 2.28. The minimum Gasteiger partial charge on any atom is -0.338 e. The maximum absolute atomic E-state index is 13.5. The lowest BCUT2D eigenvalue weighted by Gasteiger charge is -2.12. The lowest BCUT2D eigenvalue weighted by molar-refractivity contribution is 0.0974. The molecule has 0 radical (unpaired) electrons. The molecule has 1 amide bonds. The number of aromatic amines is 1. The van der Waals surface area contributed by atoms with E-state index in [1.54, 1.807) is 42.5 Å². The predicted molar refractivity (Wildman–Crippen MR) is 140 cm³/mol. The molecule has 9 nitrogen and oxygen atoms in total. The summed E-state index contributed by atoms with van der Waals surface area (Å²) in [4.78, 5) is 42.6. The monoisotopic (exact) mass is 586 g/mol. The number of carbonyl (C=O) groups excluding carboxylic acids is 1. The van der Waals surface area contributed by atoms with Crippen LogP contribution in [0.5, 0.6) is 0 Å². The normalized spacial score (nSPS) is 11.8. The minimum absolute atomic E-state index is 0.0889. The first kappa shape index (κ1) is 24.0. The van der Waals surface area contributed by atoms with Gasteiger partial charge in [-0.3, -0.25) is 9.59 Å². The molecule has 0 spiro atoms. The fourth-order valence-electron chi connectivity index (χ4n) is 4.11. The van der Waals surface area contributed by atoms with Crippen LogP contribution in [0.3, 0.4) is 0 Å². The Morgan fingerprint density at radius 1 is 1.00 bits per heavy atom. The van der Waals surface area contributed by atoms with Gasteiger partial charge in [0, 0.05) is 21.9 Å². The molecule has 0 aliphatic heterocycles. The Morgan fingerprint density at radius 2 is 1.75 bits per heavy atom. The third-order valence-corrected chi connectivity index (χ3v) is 7.77. The van der Waals surface area contributed by atoms with Crippen molar-refractivity contribution in [2.24, 2.45) is 7.05 Å². The van der Waals surface area contributed by atoms with Crippen molar-refractivity contribution in [1.29, 1.82) is 0 Å². The molecule has 36 heavy (non-hydrogen) atoms. The number of H-pyrrole nitrogens is 1. The maximum Gasteiger partial charge on any atom is 0.333 e. The van der Waals surface area contributed by atoms with E-state index in [1.807, 2.05) is 4.72 Å². The van der Waals surface area contributed by atoms with Gasteiger partial charge >= 0.3 is 5.69 Å². The van der Waals surface area contributed by atoms with Crippen molar-refractivity contribution in [3.05, 3.63) is 103 Å². The molecule has 2 heterocycles. The van der Waals surface area contributed by atoms with Crippen molar-refractivity contribution in [2.75, 3.05) is 0 Å². The zero-order valence-electron chi connectivity index (χ0n) is 18.5. The van der Waals surface area contributed by atoms with Crippen molar-refractivity contribution in [2.45, 2.75) is 4.90 Å². The molecule has 0 aliphatic rings. The van der Waals surface area contributed by atoms with Gasteiger partial charge in [-0.2, -0.15) is 0 Å². The fraction of sp³-hybridized carbons (Fsp3) is 0.0417. The number of nitrogens with zero attached hydrogens (tertiary/aromatic N) is 2. The molecule has 0 bridgehead atoms. The van der Waals surface area contributed by atoms with Crippen LogP contribution >= 0.6 is 27.5 Å². The number of halogens is 2. The summed E-state index contributed by atoms with van der Waals surface area (Å²) in [6.45, 7) is 0. The SMILES string of the molecule is Cn1c(C(=O)NS(=O)(=O)c2cccc(Br)c2)c(-n2c(=O)[nH]c3ccccc3c2=O)c2cc(Cl)ccc21. The molecule has 5 aromatic rings. The van der Waals surface area contributed by atoms with Gasteiger partial charge in [0.15, 0.2) is 0 Å². The van der Waals surface area contributed by atoms with Crippen LogP contribution in [0.15, 0.2) is 85.7 Å². The van der Waals surface area contributed by atoms with E-state index >= 15 is 0 Å². The molecule has 12 heteroatoms. The van der Waals surface area contributed by atoms with E-state index < -0.39 is 27.2 Å². The first-order chi connectivity index (χ1) is 17.1. The number of amides is 1. The summed E-state index contributed by atoms with van der Waals surface area (Å²) in [6.07, 6.45) is 0. The first-order valence-corrected chi connectivity index (χ1v) is 13.1. The number of aryl methyl sites for hydroxylation is 1. The lowest BCUT2D eigenvalue weighted by Crippen LogP contribution is -2.37. The molecule has 2 aromatic heterocycles. The smallest absolute Gasteiger partial charge is 0.333 e. The lowest BCUT2D eigenvalue weighted by atomic mass is 10.2. The molecule has 182 valence electrons. The number of rotatable bonds is 4. The Bertz CT molecular complexity index is 1940. The Kier molecular flexibility index (Phi) is 5.86. The minimum atomic E-state index is -4.29. The fourth-order valence-corrected chi connectivity index (χ4v) is 5.83. The molecule has 2 N–H and O–H groups in total. The number of hydrogen-bond donors (Lipinski definition) is 2. The average molecular weight is 588 g/mol. The van der Waals surface area contributed by atoms with Crippen LogP contribution in [0.2, 0.25) is 5.02 Å². The standard InChI is InChI=1S/C24H16BrClN4O5S/c1-29-19-10-9-14(26)12-17(19)20(30-23(32)16-7-2-3-8-18(16)27-24(30)33)21(29)22(31)28-36(34,35)15-6-4-5-13(25)11-15/h2-12H,1H3,(H,27,33)(H,28,31). The Morgan fingerprint density at radius 3 is 2.50 bits per heavy atom. The van der Waals surface area contributed by atoms with Crippen molar-refractivity contribution in [3.8, 4) is 5.69 Å². The number of benzene rings is 3. The second-order valence-corrected chi connectivity index (χ2v) is 11.0. The second kappa shape index (κ2) is 8.77. The summed E-state index contributed by atoms with van der Waals surface area (Å²) in [6, 6.07) is 17.0. The van der Waals surface area contributed by atoms with Gasteiger partial charge in [-0.05, 0) is 48.5 Å². The number of nitrogens with one attached hydrogen (secondary N) is 2. The van der Waals surface area contributed by atoms with Gasteiger partial charge < -0.3 is 9.55 Å². The summed E-state index contributed by atoms with van der Waals surface area (Å²) in [5.41, 5.74) is -0.993. The summed E-state index contributed by atoms with van der Waals surface area (Å²) in [7, 11) is -2.76. The van der Waals surface area contributed by atoms with Gasteiger partial charge in [0.1, 0.15) is 5.69 Å². The van der Waals surface area contributed by atoms with Crippen molar-refractivity contribution >= 4 is 65.3 Å². The van der Waals surface area contributed by atoms with Crippen LogP contribution in [0, 0.1) is 0 Å². The second-order valence-electron chi connectivity index (χ2n) is 7.93. The Labute approximate surface area is 217 Å². The van der Waals surface area contributed by atoms with Gasteiger partial charge in [-0.25, -0.2) is 22.5 Å². The van der Waals surface area contributed by atoms with Gasteiger partial charge in [-0.1, -0.05) is 45.7 Å². The van der Waals surface area contributed by atoms with E-state index in [-0.39, 0.29) is 21.7 Å². The van der Waals surface area contributed by atoms with E-state index in [0.29, 0.717) is 25.9 Å². The van der Waals surface area contributed by atoms with Crippen molar-refractivity contribution < 1.29 is 13.2 Å². The molecule has 0 atom stereocenters. The highest BCUT2D eigenvalue weighted by molar-refractivity contribution is 9.10. The summed E-state index contributed by atoms with van der Waals surface area (Å²) in [5.74, 6) is -1.03. The molecule has 3 aromatic carbocycles. The number of fused-ring (bicyclic) bond motifs is 2. The number of para-hydroxylation sites is 1. The number of sulfonamides is 1. The van der Waals surface area contributed by atoms with Gasteiger partial charge in [-0.15, -0.1) is 0 Å². The topological polar surface area (TPSA) is 123 Å². The molecule has 0 unspecified atom stereocenters. The van der Waals surface area contributed by atoms with E-state index in [1.165, 1.54) is 35.9 Å². The predicted octanol–water partition coefficient (Wildman–Crippen LogP) is 3.71. The highest BCUT2D eigenvalue weighted by atomic mass is 79.9. The van der Waals surface area contributed by atoms with Crippen molar-refractivity contribution in [3.63, 3.8) is 0 Å². The summed E-state index contributed by atoms with van der Waals surface area (Å²) in [5, 5.41) is 0.829. The van der Waals surface area contributed by atoms with E-state index in [0.717, 1.165) is 4.57 Å². The van der Waals surface area contributed by atoms with Crippen LogP contribution in [0.25, 0.3) is 27.5 Å². The van der Waals surface area contributed by atoms with Crippen LogP contribution in [0.1, 0.15) is 10.5 Å². The van der Waals surface area contributed by atoms with Gasteiger partial charge in [0.05, 0.1) is 27.0 Å². The molecular formula is C24H16BrClN4O5S. The highest BCUT2D eigenvalue weighted by Crippen LogP contribution is 2.30. The van der Waals surface area contributed by atoms with E-state index in [2.05, 4.69) is 20.9 Å². The molecule has 0 fully saturated rings. The largest absolute Gasteiger partial charge is 0.338 e. The van der Waals surface area contributed by atoms with Gasteiger partial charge in [0.2, 0.25) is 0 Å². The number of aromatic nitrogens is 3.